The van der Waals surface area contributed by atoms with E-state index in [4.69, 9.17) is 28.9 Å². The van der Waals surface area contributed by atoms with E-state index in [9.17, 15) is 4.79 Å². The summed E-state index contributed by atoms with van der Waals surface area (Å²) in [6.45, 7) is 10.3. The van der Waals surface area contributed by atoms with Gasteiger partial charge in [0.2, 0.25) is 5.95 Å². The lowest BCUT2D eigenvalue weighted by Crippen LogP contribution is -2.58. The number of aromatic nitrogens is 2. The highest BCUT2D eigenvalue weighted by Crippen LogP contribution is 2.49. The third-order valence-corrected chi connectivity index (χ3v) is 7.68. The molecule has 10 heteroatoms. The number of alkyl carbamates (subject to hydrolysis) is 1. The molecule has 6 rings (SSSR count). The molecule has 202 valence electrons. The van der Waals surface area contributed by atoms with Gasteiger partial charge in [0.05, 0.1) is 32.5 Å². The Morgan fingerprint density at radius 1 is 1.11 bits per heavy atom. The molecule has 37 heavy (non-hydrogen) atoms. The Bertz CT molecular complexity index is 1100. The summed E-state index contributed by atoms with van der Waals surface area (Å²) in [4.78, 5) is 24.1. The summed E-state index contributed by atoms with van der Waals surface area (Å²) < 4.78 is 22.9. The average Bonchev–Trinajstić information content (AvgIpc) is 2.91. The van der Waals surface area contributed by atoms with Gasteiger partial charge in [-0.1, -0.05) is 6.07 Å². The van der Waals surface area contributed by atoms with Gasteiger partial charge >= 0.3 is 6.09 Å². The molecule has 2 aromatic rings. The number of carbonyl (C=O) groups is 1. The van der Waals surface area contributed by atoms with Crippen molar-refractivity contribution in [2.45, 2.75) is 57.7 Å². The van der Waals surface area contributed by atoms with E-state index in [1.54, 1.807) is 7.11 Å². The monoisotopic (exact) mass is 513 g/mol. The largest absolute Gasteiger partial charge is 0.494 e. The molecule has 0 radical (unpaired) electrons. The number of amides is 1. The number of hydrogen-bond donors (Lipinski definition) is 2. The average molecular weight is 514 g/mol. The number of hydrogen-bond acceptors (Lipinski definition) is 9. The zero-order valence-electron chi connectivity index (χ0n) is 22.4. The molecular weight excluding hydrogens is 474 g/mol. The minimum Gasteiger partial charge on any atom is -0.494 e. The molecule has 4 fully saturated rings. The molecule has 3 saturated heterocycles. The van der Waals surface area contributed by atoms with Gasteiger partial charge in [0, 0.05) is 37.0 Å². The number of anilines is 2. The molecule has 1 aliphatic carbocycles. The van der Waals surface area contributed by atoms with Crippen LogP contribution in [0.25, 0.3) is 10.9 Å². The van der Waals surface area contributed by atoms with Crippen molar-refractivity contribution in [1.82, 2.24) is 15.3 Å². The molecule has 0 atom stereocenters. The van der Waals surface area contributed by atoms with Gasteiger partial charge in [-0.15, -0.1) is 0 Å². The first kappa shape index (κ1) is 25.8. The van der Waals surface area contributed by atoms with Crippen molar-refractivity contribution in [3.8, 4) is 5.75 Å². The van der Waals surface area contributed by atoms with E-state index in [0.717, 1.165) is 67.8 Å². The highest BCUT2D eigenvalue weighted by molar-refractivity contribution is 5.94. The highest BCUT2D eigenvalue weighted by atomic mass is 16.6. The van der Waals surface area contributed by atoms with Gasteiger partial charge in [0.15, 0.2) is 0 Å². The molecule has 1 aromatic carbocycles. The van der Waals surface area contributed by atoms with Gasteiger partial charge in [-0.2, -0.15) is 4.98 Å². The molecule has 2 bridgehead atoms. The minimum absolute atomic E-state index is 0.0307. The molecule has 4 heterocycles. The number of morpholine rings is 1. The number of methoxy groups -OCH3 is 1. The Balaban J connectivity index is 1.27. The molecule has 2 N–H and O–H groups in total. The van der Waals surface area contributed by atoms with Crippen molar-refractivity contribution in [3.05, 3.63) is 18.2 Å². The van der Waals surface area contributed by atoms with Gasteiger partial charge in [0.25, 0.3) is 0 Å². The van der Waals surface area contributed by atoms with E-state index in [0.29, 0.717) is 32.3 Å². The summed E-state index contributed by atoms with van der Waals surface area (Å²) >= 11 is 0. The maximum absolute atomic E-state index is 12.2. The van der Waals surface area contributed by atoms with Gasteiger partial charge in [-0.05, 0) is 58.6 Å². The third-order valence-electron chi connectivity index (χ3n) is 7.68. The van der Waals surface area contributed by atoms with Crippen molar-refractivity contribution >= 4 is 28.8 Å². The molecule has 0 unspecified atom stereocenters. The van der Waals surface area contributed by atoms with Crippen LogP contribution >= 0.6 is 0 Å². The Morgan fingerprint density at radius 3 is 2.51 bits per heavy atom. The van der Waals surface area contributed by atoms with Gasteiger partial charge < -0.3 is 34.5 Å². The van der Waals surface area contributed by atoms with Crippen LogP contribution in [-0.4, -0.2) is 80.4 Å². The molecule has 10 nitrogen and oxygen atoms in total. The van der Waals surface area contributed by atoms with Crippen LogP contribution in [0.3, 0.4) is 0 Å². The number of ether oxygens (including phenoxy) is 4. The van der Waals surface area contributed by atoms with E-state index >= 15 is 0 Å². The Hall–Kier alpha value is -2.85. The second kappa shape index (κ2) is 10.1. The van der Waals surface area contributed by atoms with Crippen LogP contribution < -0.4 is 20.3 Å². The zero-order valence-corrected chi connectivity index (χ0v) is 22.4. The van der Waals surface area contributed by atoms with E-state index in [1.807, 2.05) is 39.0 Å². The van der Waals surface area contributed by atoms with E-state index in [2.05, 4.69) is 15.5 Å². The number of nitrogens with zero attached hydrogens (tertiary/aromatic N) is 3. The normalized spacial score (nSPS) is 25.7. The van der Waals surface area contributed by atoms with Crippen molar-refractivity contribution < 1.29 is 23.7 Å². The van der Waals surface area contributed by atoms with Gasteiger partial charge in [-0.25, -0.2) is 9.78 Å². The number of fused-ring (bicyclic) bond motifs is 4. The fraction of sp³-hybridized carbons (Fsp3) is 0.667. The first-order chi connectivity index (χ1) is 17.7. The van der Waals surface area contributed by atoms with E-state index in [1.165, 1.54) is 0 Å². The molecule has 1 amide bonds. The quantitative estimate of drug-likeness (QED) is 0.572. The molecular formula is C27H39N5O5. The smallest absolute Gasteiger partial charge is 0.407 e. The molecule has 1 saturated carbocycles. The topological polar surface area (TPSA) is 107 Å². The van der Waals surface area contributed by atoms with Crippen LogP contribution in [0.1, 0.15) is 46.5 Å². The number of rotatable bonds is 7. The highest BCUT2D eigenvalue weighted by Gasteiger charge is 2.50. The lowest BCUT2D eigenvalue weighted by molar-refractivity contribution is -0.175. The fourth-order valence-corrected chi connectivity index (χ4v) is 5.42. The number of carbonyl (C=O) groups excluding carboxylic acids is 1. The second-order valence-corrected chi connectivity index (χ2v) is 11.5. The van der Waals surface area contributed by atoms with Crippen LogP contribution in [-0.2, 0) is 14.2 Å². The molecule has 1 aromatic heterocycles. The SMILES string of the molecule is COc1cccc2c(NCC34CCC(CNC(=O)OC(C)(C)C)(CC3)OC4)nc(N3CCOCC3)nc12. The van der Waals surface area contributed by atoms with Crippen LogP contribution in [0, 0.1) is 5.41 Å². The summed E-state index contributed by atoms with van der Waals surface area (Å²) in [6, 6.07) is 5.94. The van der Waals surface area contributed by atoms with Crippen LogP contribution in [0.5, 0.6) is 5.75 Å². The minimum atomic E-state index is -0.514. The van der Waals surface area contributed by atoms with Crippen molar-refractivity contribution in [2.75, 3.05) is 63.3 Å². The fourth-order valence-electron chi connectivity index (χ4n) is 5.42. The lowest BCUT2D eigenvalue weighted by atomic mass is 9.66. The zero-order chi connectivity index (χ0) is 26.1. The standard InChI is InChI=1S/C27H39N5O5/c1-25(2,3)37-24(33)29-17-27-10-8-26(9-11-27,18-36-27)16-28-22-19-6-5-7-20(34-4)21(19)30-23(31-22)32-12-14-35-15-13-32/h5-7H,8-18H2,1-4H3,(H,29,33)(H,28,30,31). The molecule has 0 spiro atoms. The van der Waals surface area contributed by atoms with Crippen molar-refractivity contribution in [2.24, 2.45) is 5.41 Å². The first-order valence-corrected chi connectivity index (χ1v) is 13.2. The second-order valence-electron chi connectivity index (χ2n) is 11.5. The Morgan fingerprint density at radius 2 is 1.86 bits per heavy atom. The van der Waals surface area contributed by atoms with Crippen molar-refractivity contribution in [1.29, 1.82) is 0 Å². The number of nitrogens with one attached hydrogen (secondary N) is 2. The molecule has 4 aliphatic rings. The first-order valence-electron chi connectivity index (χ1n) is 13.2. The summed E-state index contributed by atoms with van der Waals surface area (Å²) in [7, 11) is 1.67. The third kappa shape index (κ3) is 5.70. The maximum atomic E-state index is 12.2. The summed E-state index contributed by atoms with van der Waals surface area (Å²) in [5.41, 5.74) is 0.0108. The number of benzene rings is 1. The maximum Gasteiger partial charge on any atom is 0.407 e. The van der Waals surface area contributed by atoms with Crippen LogP contribution in [0.2, 0.25) is 0 Å². The predicted molar refractivity (Wildman–Crippen MR) is 141 cm³/mol. The van der Waals surface area contributed by atoms with E-state index < -0.39 is 11.7 Å². The Kier molecular flexibility index (Phi) is 7.06. The van der Waals surface area contributed by atoms with Gasteiger partial charge in [0.1, 0.15) is 22.7 Å². The number of para-hydroxylation sites is 1. The van der Waals surface area contributed by atoms with E-state index in [-0.39, 0.29) is 11.0 Å². The van der Waals surface area contributed by atoms with Crippen LogP contribution in [0.4, 0.5) is 16.6 Å². The summed E-state index contributed by atoms with van der Waals surface area (Å²) in [5.74, 6) is 2.24. The lowest BCUT2D eigenvalue weighted by Gasteiger charge is -2.53. The Labute approximate surface area is 218 Å². The summed E-state index contributed by atoms with van der Waals surface area (Å²) in [6.07, 6.45) is 3.47. The van der Waals surface area contributed by atoms with Crippen molar-refractivity contribution in [3.63, 3.8) is 0 Å². The molecule has 3 aliphatic heterocycles. The predicted octanol–water partition coefficient (Wildman–Crippen LogP) is 3.74. The summed E-state index contributed by atoms with van der Waals surface area (Å²) in [5, 5.41) is 7.52. The van der Waals surface area contributed by atoms with Gasteiger partial charge in [-0.3, -0.25) is 0 Å². The van der Waals surface area contributed by atoms with Crippen LogP contribution in [0.15, 0.2) is 18.2 Å².